The molecule has 2 rings (SSSR count). The van der Waals surface area contributed by atoms with Crippen molar-refractivity contribution in [2.45, 2.75) is 32.2 Å². The number of nitrogens with zero attached hydrogens (tertiary/aromatic N) is 4. The zero-order chi connectivity index (χ0) is 14.0. The fourth-order valence-corrected chi connectivity index (χ4v) is 2.24. The molecule has 1 aliphatic rings. The summed E-state index contributed by atoms with van der Waals surface area (Å²) in [7, 11) is 3.40. The van der Waals surface area contributed by atoms with Crippen LogP contribution in [-0.4, -0.2) is 63.5 Å². The molecule has 104 valence electrons. The molecule has 0 saturated carbocycles. The third-order valence-electron chi connectivity index (χ3n) is 3.30. The molecule has 0 spiro atoms. The van der Waals surface area contributed by atoms with Gasteiger partial charge in [0.05, 0.1) is 0 Å². The van der Waals surface area contributed by atoms with Crippen LogP contribution < -0.4 is 0 Å². The summed E-state index contributed by atoms with van der Waals surface area (Å²) < 4.78 is 0. The third kappa shape index (κ3) is 2.59. The van der Waals surface area contributed by atoms with Crippen LogP contribution in [0.15, 0.2) is 0 Å². The highest BCUT2D eigenvalue weighted by Gasteiger charge is 2.36. The van der Waals surface area contributed by atoms with E-state index in [4.69, 9.17) is 0 Å². The summed E-state index contributed by atoms with van der Waals surface area (Å²) in [6.45, 7) is 2.52. The number of aromatic nitrogens is 3. The van der Waals surface area contributed by atoms with Gasteiger partial charge in [0, 0.05) is 27.1 Å². The first-order valence-corrected chi connectivity index (χ1v) is 6.48. The highest BCUT2D eigenvalue weighted by atomic mass is 16.2. The summed E-state index contributed by atoms with van der Waals surface area (Å²) in [4.78, 5) is 31.6. The highest BCUT2D eigenvalue weighted by Crippen LogP contribution is 2.20. The summed E-state index contributed by atoms with van der Waals surface area (Å²) in [5.41, 5.74) is 0. The topological polar surface area (TPSA) is 82.2 Å². The molecular weight excluding hydrogens is 246 g/mol. The Morgan fingerprint density at radius 2 is 2.21 bits per heavy atom. The summed E-state index contributed by atoms with van der Waals surface area (Å²) in [6, 6.07) is -0.383. The Morgan fingerprint density at radius 3 is 2.79 bits per heavy atom. The maximum absolute atomic E-state index is 12.3. The molecule has 1 N–H and O–H groups in total. The lowest BCUT2D eigenvalue weighted by Crippen LogP contribution is -2.45. The molecule has 1 aromatic rings. The maximum Gasteiger partial charge on any atom is 0.294 e. The average Bonchev–Trinajstić information content (AvgIpc) is 3.05. The van der Waals surface area contributed by atoms with Gasteiger partial charge in [-0.05, 0) is 12.8 Å². The van der Waals surface area contributed by atoms with Crippen LogP contribution in [0.5, 0.6) is 0 Å². The van der Waals surface area contributed by atoms with Gasteiger partial charge < -0.3 is 9.80 Å². The molecule has 0 bridgehead atoms. The Bertz CT molecular complexity index is 482. The van der Waals surface area contributed by atoms with Gasteiger partial charge in [0.2, 0.25) is 11.7 Å². The van der Waals surface area contributed by atoms with Crippen molar-refractivity contribution < 1.29 is 9.59 Å². The Labute approximate surface area is 112 Å². The van der Waals surface area contributed by atoms with Gasteiger partial charge in [-0.1, -0.05) is 6.92 Å². The summed E-state index contributed by atoms with van der Waals surface area (Å²) in [5, 5.41) is 6.64. The van der Waals surface area contributed by atoms with Crippen LogP contribution in [-0.2, 0) is 11.2 Å². The van der Waals surface area contributed by atoms with Crippen LogP contribution in [0.2, 0.25) is 0 Å². The minimum atomic E-state index is -0.383. The van der Waals surface area contributed by atoms with Gasteiger partial charge in [-0.15, -0.1) is 5.10 Å². The lowest BCUT2D eigenvalue weighted by Gasteiger charge is -2.25. The second-order valence-electron chi connectivity index (χ2n) is 4.85. The molecule has 19 heavy (non-hydrogen) atoms. The van der Waals surface area contributed by atoms with E-state index in [0.717, 1.165) is 6.42 Å². The minimum absolute atomic E-state index is 0.0444. The first-order valence-electron chi connectivity index (χ1n) is 6.48. The molecule has 2 heterocycles. The number of carbonyl (C=O) groups excluding carboxylic acids is 2. The van der Waals surface area contributed by atoms with Crippen molar-refractivity contribution in [3.63, 3.8) is 0 Å². The van der Waals surface area contributed by atoms with Crippen molar-refractivity contribution in [2.75, 3.05) is 20.6 Å². The summed E-state index contributed by atoms with van der Waals surface area (Å²) in [6.07, 6.45) is 2.23. The molecule has 0 radical (unpaired) electrons. The maximum atomic E-state index is 12.3. The molecule has 0 aliphatic carbocycles. The van der Waals surface area contributed by atoms with E-state index in [-0.39, 0.29) is 23.7 Å². The second kappa shape index (κ2) is 5.38. The molecule has 1 fully saturated rings. The van der Waals surface area contributed by atoms with Crippen LogP contribution in [0.3, 0.4) is 0 Å². The van der Waals surface area contributed by atoms with Gasteiger partial charge in [-0.3, -0.25) is 14.7 Å². The number of carbonyl (C=O) groups is 2. The first-order chi connectivity index (χ1) is 9.04. The van der Waals surface area contributed by atoms with E-state index in [1.165, 1.54) is 4.90 Å². The number of likely N-dealkylation sites (tertiary alicyclic amines) is 1. The van der Waals surface area contributed by atoms with Gasteiger partial charge in [-0.2, -0.15) is 0 Å². The van der Waals surface area contributed by atoms with Crippen molar-refractivity contribution in [2.24, 2.45) is 0 Å². The molecule has 1 saturated heterocycles. The standard InChI is InChI=1S/C12H19N5O2/c1-4-9-13-10(15-14-9)12(19)17-7-5-6-8(17)11(18)16(2)3/h8H,4-7H2,1-3H3,(H,13,14,15). The molecule has 0 aromatic carbocycles. The van der Waals surface area contributed by atoms with Crippen LogP contribution >= 0.6 is 0 Å². The quantitative estimate of drug-likeness (QED) is 0.837. The minimum Gasteiger partial charge on any atom is -0.347 e. The smallest absolute Gasteiger partial charge is 0.294 e. The Balaban J connectivity index is 2.15. The zero-order valence-electron chi connectivity index (χ0n) is 11.5. The average molecular weight is 265 g/mol. The van der Waals surface area contributed by atoms with Crippen LogP contribution in [0.25, 0.3) is 0 Å². The number of rotatable bonds is 3. The fourth-order valence-electron chi connectivity index (χ4n) is 2.24. The SMILES string of the molecule is CCc1nc(C(=O)N2CCCC2C(=O)N(C)C)n[nH]1. The van der Waals surface area contributed by atoms with Crippen molar-refractivity contribution in [1.82, 2.24) is 25.0 Å². The Morgan fingerprint density at radius 1 is 1.47 bits per heavy atom. The first kappa shape index (κ1) is 13.5. The molecule has 1 aromatic heterocycles. The Hall–Kier alpha value is -1.92. The van der Waals surface area contributed by atoms with Crippen LogP contribution in [0.4, 0.5) is 0 Å². The summed E-state index contributed by atoms with van der Waals surface area (Å²) in [5.74, 6) is 0.513. The normalized spacial score (nSPS) is 18.7. The van der Waals surface area contributed by atoms with Crippen LogP contribution in [0.1, 0.15) is 36.2 Å². The van der Waals surface area contributed by atoms with Crippen molar-refractivity contribution in [3.05, 3.63) is 11.6 Å². The van der Waals surface area contributed by atoms with E-state index in [2.05, 4.69) is 15.2 Å². The van der Waals surface area contributed by atoms with Gasteiger partial charge in [-0.25, -0.2) is 4.98 Å². The number of aryl methyl sites for hydroxylation is 1. The third-order valence-corrected chi connectivity index (χ3v) is 3.30. The molecule has 1 aliphatic heterocycles. The molecule has 1 atom stereocenters. The van der Waals surface area contributed by atoms with E-state index in [1.807, 2.05) is 6.92 Å². The monoisotopic (exact) mass is 265 g/mol. The lowest BCUT2D eigenvalue weighted by molar-refractivity contribution is -0.132. The largest absolute Gasteiger partial charge is 0.347 e. The van der Waals surface area contributed by atoms with E-state index in [9.17, 15) is 9.59 Å². The van der Waals surface area contributed by atoms with Crippen molar-refractivity contribution in [3.8, 4) is 0 Å². The number of hydrogen-bond acceptors (Lipinski definition) is 4. The van der Waals surface area contributed by atoms with Gasteiger partial charge in [0.25, 0.3) is 5.91 Å². The van der Waals surface area contributed by atoms with E-state index >= 15 is 0 Å². The molecule has 2 amide bonds. The van der Waals surface area contributed by atoms with E-state index in [0.29, 0.717) is 25.2 Å². The van der Waals surface area contributed by atoms with Gasteiger partial charge in [0.1, 0.15) is 11.9 Å². The van der Waals surface area contributed by atoms with E-state index in [1.54, 1.807) is 19.0 Å². The number of amides is 2. The molecule has 1 unspecified atom stereocenters. The highest BCUT2D eigenvalue weighted by molar-refractivity contribution is 5.95. The number of nitrogens with one attached hydrogen (secondary N) is 1. The number of hydrogen-bond donors (Lipinski definition) is 1. The van der Waals surface area contributed by atoms with E-state index < -0.39 is 0 Å². The van der Waals surface area contributed by atoms with Crippen molar-refractivity contribution in [1.29, 1.82) is 0 Å². The molecular formula is C12H19N5O2. The number of H-pyrrole nitrogens is 1. The van der Waals surface area contributed by atoms with Crippen molar-refractivity contribution >= 4 is 11.8 Å². The van der Waals surface area contributed by atoms with Gasteiger partial charge in [0.15, 0.2) is 0 Å². The van der Waals surface area contributed by atoms with Gasteiger partial charge >= 0.3 is 0 Å². The second-order valence-corrected chi connectivity index (χ2v) is 4.85. The number of likely N-dealkylation sites (N-methyl/N-ethyl adjacent to an activating group) is 1. The lowest BCUT2D eigenvalue weighted by atomic mass is 10.2. The molecule has 7 heteroatoms. The predicted octanol–water partition coefficient (Wildman–Crippen LogP) is 0.0599. The Kier molecular flexibility index (Phi) is 3.82. The fraction of sp³-hybridized carbons (Fsp3) is 0.667. The zero-order valence-corrected chi connectivity index (χ0v) is 11.5. The molecule has 7 nitrogen and oxygen atoms in total. The van der Waals surface area contributed by atoms with Crippen LogP contribution in [0, 0.1) is 0 Å². The summed E-state index contributed by atoms with van der Waals surface area (Å²) >= 11 is 0. The number of aromatic amines is 1. The predicted molar refractivity (Wildman–Crippen MR) is 68.5 cm³/mol.